The van der Waals surface area contributed by atoms with Gasteiger partial charge >= 0.3 is 0 Å². The zero-order valence-corrected chi connectivity index (χ0v) is 12.5. The Morgan fingerprint density at radius 2 is 2.20 bits per heavy atom. The van der Waals surface area contributed by atoms with Crippen LogP contribution in [-0.2, 0) is 4.74 Å². The molecule has 110 valence electrons. The summed E-state index contributed by atoms with van der Waals surface area (Å²) in [6.07, 6.45) is 5.32. The minimum Gasteiger partial charge on any atom is -0.508 e. The van der Waals surface area contributed by atoms with Crippen molar-refractivity contribution in [1.29, 1.82) is 0 Å². The molecular weight excluding hydrogens is 250 g/mol. The Morgan fingerprint density at radius 3 is 2.95 bits per heavy atom. The minimum absolute atomic E-state index is 0.272. The van der Waals surface area contributed by atoms with E-state index in [0.29, 0.717) is 23.8 Å². The van der Waals surface area contributed by atoms with Crippen molar-refractivity contribution in [2.75, 3.05) is 13.6 Å². The monoisotopic (exact) mass is 275 g/mol. The molecule has 4 atom stereocenters. The third kappa shape index (κ3) is 2.57. The summed E-state index contributed by atoms with van der Waals surface area (Å²) in [5.74, 6) is 0.776. The van der Waals surface area contributed by atoms with Crippen molar-refractivity contribution >= 4 is 0 Å². The lowest BCUT2D eigenvalue weighted by molar-refractivity contribution is -0.135. The number of benzene rings is 1. The summed E-state index contributed by atoms with van der Waals surface area (Å²) < 4.78 is 6.39. The van der Waals surface area contributed by atoms with E-state index in [0.717, 1.165) is 19.4 Å². The molecule has 0 spiro atoms. The molecule has 1 heterocycles. The van der Waals surface area contributed by atoms with E-state index in [2.05, 4.69) is 24.9 Å². The maximum absolute atomic E-state index is 9.74. The van der Waals surface area contributed by atoms with Gasteiger partial charge in [-0.25, -0.2) is 0 Å². The summed E-state index contributed by atoms with van der Waals surface area (Å²) in [6, 6.07) is 8.25. The quantitative estimate of drug-likeness (QED) is 0.900. The van der Waals surface area contributed by atoms with Crippen LogP contribution in [0.15, 0.2) is 24.3 Å². The average molecular weight is 275 g/mol. The molecule has 2 aliphatic rings. The van der Waals surface area contributed by atoms with Crippen LogP contribution in [-0.4, -0.2) is 41.8 Å². The molecule has 20 heavy (non-hydrogen) atoms. The Balaban J connectivity index is 1.87. The number of hydrogen-bond donors (Lipinski definition) is 1. The highest BCUT2D eigenvalue weighted by Gasteiger charge is 2.41. The molecule has 1 aromatic rings. The molecule has 3 nitrogen and oxygen atoms in total. The maximum Gasteiger partial charge on any atom is 0.115 e. The SMILES string of the molecule is CCC1CN(C)C2CCC[C@H](c3cccc(O)c3)C2O1. The fourth-order valence-electron chi connectivity index (χ4n) is 3.86. The highest BCUT2D eigenvalue weighted by atomic mass is 16.5. The number of likely N-dealkylation sites (N-methyl/N-ethyl adjacent to an activating group) is 1. The van der Waals surface area contributed by atoms with Gasteiger partial charge in [-0.2, -0.15) is 0 Å². The number of fused-ring (bicyclic) bond motifs is 1. The summed E-state index contributed by atoms with van der Waals surface area (Å²) in [5.41, 5.74) is 1.23. The van der Waals surface area contributed by atoms with Crippen LogP contribution >= 0.6 is 0 Å². The number of aromatic hydroxyl groups is 1. The molecule has 3 heteroatoms. The first-order valence-corrected chi connectivity index (χ1v) is 7.83. The molecule has 1 aliphatic carbocycles. The van der Waals surface area contributed by atoms with E-state index < -0.39 is 0 Å². The highest BCUT2D eigenvalue weighted by Crippen LogP contribution is 2.40. The van der Waals surface area contributed by atoms with Crippen LogP contribution in [0.4, 0.5) is 0 Å². The zero-order chi connectivity index (χ0) is 14.1. The number of phenols is 1. The molecule has 1 aromatic carbocycles. The standard InChI is InChI=1S/C17H25NO2/c1-3-14-11-18(2)16-9-5-8-15(17(16)20-14)12-6-4-7-13(19)10-12/h4,6-7,10,14-17,19H,3,5,8-9,11H2,1-2H3/t14?,15-,16?,17?/m1/s1. The first-order chi connectivity index (χ1) is 9.69. The van der Waals surface area contributed by atoms with Crippen molar-refractivity contribution in [3.05, 3.63) is 29.8 Å². The van der Waals surface area contributed by atoms with E-state index in [9.17, 15) is 5.11 Å². The second-order valence-electron chi connectivity index (χ2n) is 6.27. The second kappa shape index (κ2) is 5.74. The van der Waals surface area contributed by atoms with Gasteiger partial charge in [-0.1, -0.05) is 25.5 Å². The molecule has 2 fully saturated rings. The summed E-state index contributed by atoms with van der Waals surface area (Å²) >= 11 is 0. The molecule has 0 bridgehead atoms. The van der Waals surface area contributed by atoms with Gasteiger partial charge in [0.1, 0.15) is 5.75 Å². The van der Waals surface area contributed by atoms with Crippen molar-refractivity contribution in [3.8, 4) is 5.75 Å². The summed E-state index contributed by atoms with van der Waals surface area (Å²) in [5, 5.41) is 9.74. The molecular formula is C17H25NO2. The molecule has 0 radical (unpaired) electrons. The van der Waals surface area contributed by atoms with Crippen LogP contribution in [0.25, 0.3) is 0 Å². The highest BCUT2D eigenvalue weighted by molar-refractivity contribution is 5.31. The fraction of sp³-hybridized carbons (Fsp3) is 0.647. The number of phenolic OH excluding ortho intramolecular Hbond substituents is 1. The van der Waals surface area contributed by atoms with Crippen LogP contribution in [0.1, 0.15) is 44.1 Å². The minimum atomic E-state index is 0.272. The first kappa shape index (κ1) is 13.9. The average Bonchev–Trinajstić information content (AvgIpc) is 2.46. The number of ether oxygens (including phenoxy) is 1. The zero-order valence-electron chi connectivity index (χ0n) is 12.5. The van der Waals surface area contributed by atoms with Crippen molar-refractivity contribution in [2.24, 2.45) is 0 Å². The number of rotatable bonds is 2. The van der Waals surface area contributed by atoms with Gasteiger partial charge in [0.05, 0.1) is 12.2 Å². The van der Waals surface area contributed by atoms with Crippen LogP contribution < -0.4 is 0 Å². The van der Waals surface area contributed by atoms with Crippen LogP contribution in [0.3, 0.4) is 0 Å². The van der Waals surface area contributed by atoms with Gasteiger partial charge in [0.15, 0.2) is 0 Å². The van der Waals surface area contributed by atoms with E-state index in [-0.39, 0.29) is 6.10 Å². The van der Waals surface area contributed by atoms with Gasteiger partial charge in [0.2, 0.25) is 0 Å². The number of nitrogens with zero attached hydrogens (tertiary/aromatic N) is 1. The topological polar surface area (TPSA) is 32.7 Å². The van der Waals surface area contributed by atoms with Crippen molar-refractivity contribution < 1.29 is 9.84 Å². The van der Waals surface area contributed by atoms with Crippen LogP contribution in [0, 0.1) is 0 Å². The van der Waals surface area contributed by atoms with Gasteiger partial charge in [0, 0.05) is 18.5 Å². The third-order valence-corrected chi connectivity index (χ3v) is 4.95. The van der Waals surface area contributed by atoms with E-state index in [1.54, 1.807) is 6.07 Å². The molecule has 3 rings (SSSR count). The fourth-order valence-corrected chi connectivity index (χ4v) is 3.86. The maximum atomic E-state index is 9.74. The largest absolute Gasteiger partial charge is 0.508 e. The normalized spacial score (nSPS) is 34.7. The Morgan fingerprint density at radius 1 is 1.35 bits per heavy atom. The van der Waals surface area contributed by atoms with Crippen molar-refractivity contribution in [2.45, 2.75) is 56.8 Å². The van der Waals surface area contributed by atoms with Gasteiger partial charge in [-0.15, -0.1) is 0 Å². The summed E-state index contributed by atoms with van der Waals surface area (Å²) in [7, 11) is 2.23. The molecule has 3 unspecified atom stereocenters. The molecule has 0 aromatic heterocycles. The van der Waals surface area contributed by atoms with Crippen LogP contribution in [0.5, 0.6) is 5.75 Å². The summed E-state index contributed by atoms with van der Waals surface area (Å²) in [6.45, 7) is 3.25. The lowest BCUT2D eigenvalue weighted by Gasteiger charge is -2.49. The third-order valence-electron chi connectivity index (χ3n) is 4.95. The number of morpholine rings is 1. The van der Waals surface area contributed by atoms with E-state index in [4.69, 9.17) is 4.74 Å². The Hall–Kier alpha value is -1.06. The molecule has 0 amide bonds. The molecule has 1 saturated heterocycles. The smallest absolute Gasteiger partial charge is 0.115 e. The molecule has 1 saturated carbocycles. The van der Waals surface area contributed by atoms with Crippen molar-refractivity contribution in [3.63, 3.8) is 0 Å². The van der Waals surface area contributed by atoms with Gasteiger partial charge < -0.3 is 9.84 Å². The second-order valence-corrected chi connectivity index (χ2v) is 6.27. The Bertz CT molecular complexity index is 462. The predicted molar refractivity (Wildman–Crippen MR) is 80.1 cm³/mol. The lowest BCUT2D eigenvalue weighted by Crippen LogP contribution is -2.56. The van der Waals surface area contributed by atoms with E-state index >= 15 is 0 Å². The van der Waals surface area contributed by atoms with E-state index in [1.807, 2.05) is 12.1 Å². The van der Waals surface area contributed by atoms with Gasteiger partial charge in [-0.05, 0) is 44.0 Å². The summed E-state index contributed by atoms with van der Waals surface area (Å²) in [4.78, 5) is 2.48. The van der Waals surface area contributed by atoms with Crippen molar-refractivity contribution in [1.82, 2.24) is 4.90 Å². The lowest BCUT2D eigenvalue weighted by atomic mass is 9.77. The van der Waals surface area contributed by atoms with Gasteiger partial charge in [-0.3, -0.25) is 4.90 Å². The molecule has 1 aliphatic heterocycles. The Labute approximate surface area is 121 Å². The molecule has 1 N–H and O–H groups in total. The predicted octanol–water partition coefficient (Wildman–Crippen LogP) is 3.14. The number of hydrogen-bond acceptors (Lipinski definition) is 3. The Kier molecular flexibility index (Phi) is 3.99. The van der Waals surface area contributed by atoms with E-state index in [1.165, 1.54) is 18.4 Å². The van der Waals surface area contributed by atoms with Crippen LogP contribution in [0.2, 0.25) is 0 Å². The van der Waals surface area contributed by atoms with Gasteiger partial charge in [0.25, 0.3) is 0 Å². The first-order valence-electron chi connectivity index (χ1n) is 7.83.